The summed E-state index contributed by atoms with van der Waals surface area (Å²) < 4.78 is 0. The Bertz CT molecular complexity index is 1220. The Hall–Kier alpha value is -3.98. The van der Waals surface area contributed by atoms with Gasteiger partial charge in [0.25, 0.3) is 11.6 Å². The number of hydrogen-bond acceptors (Lipinski definition) is 6. The molecule has 8 nitrogen and oxygen atoms in total. The third-order valence-corrected chi connectivity index (χ3v) is 6.63. The van der Waals surface area contributed by atoms with E-state index >= 15 is 0 Å². The summed E-state index contributed by atoms with van der Waals surface area (Å²) in [4.78, 5) is 37.1. The highest BCUT2D eigenvalue weighted by atomic mass is 32.2. The van der Waals surface area contributed by atoms with E-state index in [-0.39, 0.29) is 17.0 Å². The third kappa shape index (κ3) is 5.68. The zero-order valence-corrected chi connectivity index (χ0v) is 19.0. The molecule has 9 heteroatoms. The fraction of sp³-hybridized carbons (Fsp3) is 0.160. The molecule has 4 rings (SSSR count). The summed E-state index contributed by atoms with van der Waals surface area (Å²) >= 11 is 1.58. The molecule has 34 heavy (non-hydrogen) atoms. The number of rotatable bonds is 8. The van der Waals surface area contributed by atoms with Crippen molar-refractivity contribution in [1.29, 1.82) is 0 Å². The van der Waals surface area contributed by atoms with Gasteiger partial charge in [0.15, 0.2) is 0 Å². The molecule has 1 N–H and O–H groups in total. The van der Waals surface area contributed by atoms with E-state index in [1.54, 1.807) is 36.0 Å². The van der Waals surface area contributed by atoms with Crippen molar-refractivity contribution >= 4 is 35.5 Å². The number of thioether (sulfide) groups is 1. The summed E-state index contributed by atoms with van der Waals surface area (Å²) in [7, 11) is 0. The van der Waals surface area contributed by atoms with E-state index in [2.05, 4.69) is 22.7 Å². The molecule has 1 aliphatic heterocycles. The van der Waals surface area contributed by atoms with Gasteiger partial charge in [0.05, 0.1) is 16.9 Å². The van der Waals surface area contributed by atoms with E-state index in [4.69, 9.17) is 0 Å². The number of nitro groups is 1. The maximum absolute atomic E-state index is 12.4. The Morgan fingerprint density at radius 3 is 2.62 bits per heavy atom. The Labute approximate surface area is 200 Å². The highest BCUT2D eigenvalue weighted by molar-refractivity contribution is 8.00. The summed E-state index contributed by atoms with van der Waals surface area (Å²) in [6.07, 6.45) is 2.14. The quantitative estimate of drug-likeness (QED) is 0.300. The van der Waals surface area contributed by atoms with Crippen LogP contribution in [0.5, 0.6) is 0 Å². The van der Waals surface area contributed by atoms with E-state index < -0.39 is 10.8 Å². The van der Waals surface area contributed by atoms with Crippen molar-refractivity contribution in [2.45, 2.75) is 11.8 Å². The van der Waals surface area contributed by atoms with Crippen LogP contribution in [0.1, 0.15) is 32.4 Å². The number of non-ortho nitro benzene ring substituents is 1. The lowest BCUT2D eigenvalue weighted by molar-refractivity contribution is -0.384. The largest absolute Gasteiger partial charge is 0.326 e. The first kappa shape index (κ1) is 23.2. The van der Waals surface area contributed by atoms with Crippen LogP contribution in [-0.4, -0.2) is 40.1 Å². The highest BCUT2D eigenvalue weighted by Gasteiger charge is 2.32. The maximum Gasteiger partial charge on any atom is 0.271 e. The number of carbonyl (C=O) groups is 2. The summed E-state index contributed by atoms with van der Waals surface area (Å²) in [5, 5.41) is 14.7. The molecular weight excluding hydrogens is 452 g/mol. The molecule has 0 saturated carbocycles. The standard InChI is InChI=1S/C25H22N4O4S/c30-23-17-34-25(28(23)14-13-18-5-2-1-3-6-18)21-11-9-20(10-12-21)24(31)27-26-16-19-7-4-8-22(15-19)29(32)33/h1-12,15-16,25H,13-14,17H2,(H,27,31)/b26-16-/t25-/m1/s1. The number of hydrazone groups is 1. The second-order valence-corrected chi connectivity index (χ2v) is 8.73. The van der Waals surface area contributed by atoms with Crippen LogP contribution in [0.3, 0.4) is 0 Å². The Morgan fingerprint density at radius 1 is 1.12 bits per heavy atom. The number of nitrogens with zero attached hydrogens (tertiary/aromatic N) is 3. The average Bonchev–Trinajstić information content (AvgIpc) is 3.23. The Kier molecular flexibility index (Phi) is 7.34. The Morgan fingerprint density at radius 2 is 1.88 bits per heavy atom. The zero-order valence-electron chi connectivity index (χ0n) is 18.2. The van der Waals surface area contributed by atoms with Crippen molar-refractivity contribution in [2.75, 3.05) is 12.3 Å². The molecule has 0 unspecified atom stereocenters. The highest BCUT2D eigenvalue weighted by Crippen LogP contribution is 2.38. The van der Waals surface area contributed by atoms with Crippen LogP contribution >= 0.6 is 11.8 Å². The van der Waals surface area contributed by atoms with Crippen molar-refractivity contribution < 1.29 is 14.5 Å². The van der Waals surface area contributed by atoms with Gasteiger partial charge in [-0.2, -0.15) is 5.10 Å². The van der Waals surface area contributed by atoms with Gasteiger partial charge in [-0.1, -0.05) is 54.6 Å². The summed E-state index contributed by atoms with van der Waals surface area (Å²) in [5.74, 6) is 0.154. The first-order chi connectivity index (χ1) is 16.5. The monoisotopic (exact) mass is 474 g/mol. The number of amides is 2. The van der Waals surface area contributed by atoms with Crippen LogP contribution in [-0.2, 0) is 11.2 Å². The van der Waals surface area contributed by atoms with Gasteiger partial charge in [-0.05, 0) is 29.7 Å². The molecule has 3 aromatic rings. The van der Waals surface area contributed by atoms with E-state index in [0.29, 0.717) is 23.4 Å². The van der Waals surface area contributed by atoms with Gasteiger partial charge >= 0.3 is 0 Å². The number of nitrogens with one attached hydrogen (secondary N) is 1. The summed E-state index contributed by atoms with van der Waals surface area (Å²) in [5.41, 5.74) is 5.45. The molecule has 1 saturated heterocycles. The van der Waals surface area contributed by atoms with E-state index in [0.717, 1.165) is 12.0 Å². The molecule has 0 aliphatic carbocycles. The van der Waals surface area contributed by atoms with E-state index in [9.17, 15) is 19.7 Å². The van der Waals surface area contributed by atoms with Crippen molar-refractivity contribution in [3.63, 3.8) is 0 Å². The smallest absolute Gasteiger partial charge is 0.271 e. The maximum atomic E-state index is 12.4. The van der Waals surface area contributed by atoms with E-state index in [1.807, 2.05) is 35.2 Å². The van der Waals surface area contributed by atoms with Crippen LogP contribution in [0, 0.1) is 10.1 Å². The normalized spacial score (nSPS) is 15.6. The molecule has 3 aromatic carbocycles. The molecule has 1 aliphatic rings. The van der Waals surface area contributed by atoms with Crippen LogP contribution in [0.2, 0.25) is 0 Å². The topological polar surface area (TPSA) is 105 Å². The predicted octanol–water partition coefficient (Wildman–Crippen LogP) is 4.18. The zero-order chi connectivity index (χ0) is 23.9. The minimum absolute atomic E-state index is 0.0491. The second-order valence-electron chi connectivity index (χ2n) is 7.66. The Balaban J connectivity index is 1.37. The third-order valence-electron chi connectivity index (χ3n) is 5.37. The molecule has 2 amide bonds. The second kappa shape index (κ2) is 10.8. The van der Waals surface area contributed by atoms with Crippen molar-refractivity contribution in [2.24, 2.45) is 5.10 Å². The van der Waals surface area contributed by atoms with Gasteiger partial charge in [0.2, 0.25) is 5.91 Å². The van der Waals surface area contributed by atoms with Gasteiger partial charge < -0.3 is 4.90 Å². The van der Waals surface area contributed by atoms with Crippen molar-refractivity contribution in [3.8, 4) is 0 Å². The van der Waals surface area contributed by atoms with Gasteiger partial charge in [-0.3, -0.25) is 19.7 Å². The predicted molar refractivity (Wildman–Crippen MR) is 132 cm³/mol. The van der Waals surface area contributed by atoms with Gasteiger partial charge in [-0.25, -0.2) is 5.43 Å². The fourth-order valence-corrected chi connectivity index (χ4v) is 4.83. The number of hydrogen-bond donors (Lipinski definition) is 1. The lowest BCUT2D eigenvalue weighted by Crippen LogP contribution is -2.30. The van der Waals surface area contributed by atoms with E-state index in [1.165, 1.54) is 23.9 Å². The SMILES string of the molecule is O=C(N/N=C\c1cccc([N+](=O)[O-])c1)c1ccc([C@H]2SCC(=O)N2CCc2ccccc2)cc1. The molecule has 0 spiro atoms. The van der Waals surface area contributed by atoms with Crippen molar-refractivity contribution in [1.82, 2.24) is 10.3 Å². The number of nitro benzene ring substituents is 1. The first-order valence-corrected chi connectivity index (χ1v) is 11.7. The summed E-state index contributed by atoms with van der Waals surface area (Å²) in [6.45, 7) is 0.634. The fourth-order valence-electron chi connectivity index (χ4n) is 3.61. The number of carbonyl (C=O) groups excluding carboxylic acids is 2. The van der Waals surface area contributed by atoms with Gasteiger partial charge in [-0.15, -0.1) is 11.8 Å². The molecule has 0 radical (unpaired) electrons. The van der Waals surface area contributed by atoms with Gasteiger partial charge in [0, 0.05) is 29.8 Å². The van der Waals surface area contributed by atoms with Crippen LogP contribution in [0.15, 0.2) is 84.0 Å². The average molecular weight is 475 g/mol. The number of benzene rings is 3. The molecule has 1 atom stereocenters. The lowest BCUT2D eigenvalue weighted by Gasteiger charge is -2.24. The lowest BCUT2D eigenvalue weighted by atomic mass is 10.1. The molecular formula is C25H22N4O4S. The minimum atomic E-state index is -0.490. The van der Waals surface area contributed by atoms with Crippen LogP contribution in [0.4, 0.5) is 5.69 Å². The minimum Gasteiger partial charge on any atom is -0.326 e. The summed E-state index contributed by atoms with van der Waals surface area (Å²) in [6, 6.07) is 23.1. The molecule has 0 bridgehead atoms. The van der Waals surface area contributed by atoms with Crippen LogP contribution < -0.4 is 5.43 Å². The molecule has 1 fully saturated rings. The van der Waals surface area contributed by atoms with Gasteiger partial charge in [0.1, 0.15) is 5.37 Å². The molecule has 1 heterocycles. The molecule has 172 valence electrons. The first-order valence-electron chi connectivity index (χ1n) is 10.6. The van der Waals surface area contributed by atoms with Crippen molar-refractivity contribution in [3.05, 3.63) is 111 Å². The van der Waals surface area contributed by atoms with Crippen LogP contribution in [0.25, 0.3) is 0 Å². The molecule has 0 aromatic heterocycles.